The number of aliphatic hydroxyl groups excluding tert-OH is 1. The number of aliphatic hydroxyl groups is 1. The lowest BCUT2D eigenvalue weighted by Crippen LogP contribution is -2.25. The predicted molar refractivity (Wildman–Crippen MR) is 71.6 cm³/mol. The molecule has 1 aliphatic rings. The van der Waals surface area contributed by atoms with E-state index in [1.807, 2.05) is 0 Å². The summed E-state index contributed by atoms with van der Waals surface area (Å²) < 4.78 is 0. The lowest BCUT2D eigenvalue weighted by atomic mass is 9.80. The van der Waals surface area contributed by atoms with Gasteiger partial charge in [-0.05, 0) is 28.8 Å². The van der Waals surface area contributed by atoms with Crippen LogP contribution in [0, 0.1) is 0 Å². The van der Waals surface area contributed by atoms with Gasteiger partial charge < -0.3 is 21.1 Å². The summed E-state index contributed by atoms with van der Waals surface area (Å²) >= 11 is 0. The van der Waals surface area contributed by atoms with Crippen LogP contribution in [-0.2, 0) is 6.61 Å². The van der Waals surface area contributed by atoms with E-state index in [0.717, 1.165) is 0 Å². The van der Waals surface area contributed by atoms with Crippen LogP contribution in [0.2, 0.25) is 0 Å². The molecule has 1 aliphatic carbocycles. The summed E-state index contributed by atoms with van der Waals surface area (Å²) in [6, 6.07) is 6.99. The predicted octanol–water partition coefficient (Wildman–Crippen LogP) is 1.18. The van der Waals surface area contributed by atoms with Crippen LogP contribution in [0.5, 0.6) is 11.5 Å². The second-order valence-corrected chi connectivity index (χ2v) is 4.79. The van der Waals surface area contributed by atoms with E-state index in [1.165, 1.54) is 12.1 Å². The van der Waals surface area contributed by atoms with Crippen LogP contribution in [-0.4, -0.2) is 21.1 Å². The van der Waals surface area contributed by atoms with Gasteiger partial charge in [-0.15, -0.1) is 0 Å². The molecule has 3 rings (SSSR count). The van der Waals surface area contributed by atoms with Crippen molar-refractivity contribution in [1.29, 1.82) is 0 Å². The Balaban J connectivity index is 2.32. The van der Waals surface area contributed by atoms with E-state index in [0.29, 0.717) is 16.7 Å². The highest BCUT2D eigenvalue weighted by Crippen LogP contribution is 2.41. The van der Waals surface area contributed by atoms with Crippen molar-refractivity contribution in [2.24, 2.45) is 5.73 Å². The zero-order valence-corrected chi connectivity index (χ0v) is 10.5. The van der Waals surface area contributed by atoms with Crippen LogP contribution >= 0.6 is 0 Å². The number of carbonyl (C=O) groups excluding carboxylic acids is 1. The van der Waals surface area contributed by atoms with Crippen molar-refractivity contribution in [3.05, 3.63) is 58.1 Å². The summed E-state index contributed by atoms with van der Waals surface area (Å²) in [5.74, 6) is -0.850. The lowest BCUT2D eigenvalue weighted by molar-refractivity contribution is 0.102. The number of hydrogen-bond donors (Lipinski definition) is 4. The molecule has 102 valence electrons. The highest BCUT2D eigenvalue weighted by atomic mass is 16.3. The average Bonchev–Trinajstić information content (AvgIpc) is 2.43. The summed E-state index contributed by atoms with van der Waals surface area (Å²) in [4.78, 5) is 12.5. The minimum absolute atomic E-state index is 0.0868. The van der Waals surface area contributed by atoms with Crippen LogP contribution in [0.15, 0.2) is 30.3 Å². The molecule has 0 aromatic heterocycles. The zero-order chi connectivity index (χ0) is 14.4. The minimum atomic E-state index is -0.637. The molecular weight excluding hydrogens is 258 g/mol. The van der Waals surface area contributed by atoms with E-state index >= 15 is 0 Å². The third kappa shape index (κ3) is 1.61. The van der Waals surface area contributed by atoms with Crippen molar-refractivity contribution >= 4 is 5.78 Å². The van der Waals surface area contributed by atoms with Gasteiger partial charge in [0.25, 0.3) is 0 Å². The van der Waals surface area contributed by atoms with Gasteiger partial charge in [0.1, 0.15) is 11.5 Å². The minimum Gasteiger partial charge on any atom is -0.507 e. The third-order valence-electron chi connectivity index (χ3n) is 3.59. The van der Waals surface area contributed by atoms with Gasteiger partial charge in [0.15, 0.2) is 0 Å². The van der Waals surface area contributed by atoms with Crippen LogP contribution < -0.4 is 5.73 Å². The van der Waals surface area contributed by atoms with E-state index in [9.17, 15) is 20.1 Å². The van der Waals surface area contributed by atoms with Gasteiger partial charge in [-0.25, -0.2) is 0 Å². The molecule has 0 amide bonds. The fourth-order valence-electron chi connectivity index (χ4n) is 2.65. The number of rotatable bonds is 1. The topological polar surface area (TPSA) is 104 Å². The monoisotopic (exact) mass is 271 g/mol. The maximum atomic E-state index is 12.5. The first-order chi connectivity index (χ1) is 9.54. The molecule has 0 spiro atoms. The first-order valence-corrected chi connectivity index (χ1v) is 6.13. The Hall–Kier alpha value is -2.37. The third-order valence-corrected chi connectivity index (χ3v) is 3.59. The maximum absolute atomic E-state index is 12.5. The molecule has 1 atom stereocenters. The molecule has 20 heavy (non-hydrogen) atoms. The van der Waals surface area contributed by atoms with Gasteiger partial charge >= 0.3 is 0 Å². The first-order valence-electron chi connectivity index (χ1n) is 6.13. The van der Waals surface area contributed by atoms with Crippen molar-refractivity contribution in [3.8, 4) is 11.5 Å². The van der Waals surface area contributed by atoms with E-state index in [4.69, 9.17) is 5.73 Å². The Morgan fingerprint density at radius 2 is 1.75 bits per heavy atom. The van der Waals surface area contributed by atoms with Gasteiger partial charge in [0.05, 0.1) is 23.8 Å². The van der Waals surface area contributed by atoms with Crippen LogP contribution in [0.1, 0.15) is 38.7 Å². The molecule has 5 nitrogen and oxygen atoms in total. The van der Waals surface area contributed by atoms with Crippen LogP contribution in [0.4, 0.5) is 0 Å². The Kier molecular flexibility index (Phi) is 2.74. The molecule has 2 aromatic rings. The van der Waals surface area contributed by atoms with E-state index in [-0.39, 0.29) is 29.2 Å². The van der Waals surface area contributed by atoms with Gasteiger partial charge in [-0.1, -0.05) is 18.2 Å². The highest BCUT2D eigenvalue weighted by molar-refractivity contribution is 6.15. The summed E-state index contributed by atoms with van der Waals surface area (Å²) in [7, 11) is 0. The fraction of sp³-hybridized carbons (Fsp3) is 0.133. The van der Waals surface area contributed by atoms with Gasteiger partial charge in [-0.2, -0.15) is 0 Å². The standard InChI is InChI=1S/C15H13NO4/c16-14-8-2-1-3-10(18)12(8)15(20)13-9(14)4-7(6-17)5-11(13)19/h1-5,14,17-19H,6,16H2. The maximum Gasteiger partial charge on any atom is 0.201 e. The summed E-state index contributed by atoms with van der Waals surface area (Å²) in [5, 5.41) is 29.0. The van der Waals surface area contributed by atoms with E-state index in [1.54, 1.807) is 18.2 Å². The van der Waals surface area contributed by atoms with E-state index in [2.05, 4.69) is 0 Å². The van der Waals surface area contributed by atoms with Gasteiger partial charge in [-0.3, -0.25) is 4.79 Å². The summed E-state index contributed by atoms with van der Waals surface area (Å²) in [6.45, 7) is -0.255. The average molecular weight is 271 g/mol. The second kappa shape index (κ2) is 4.33. The second-order valence-electron chi connectivity index (χ2n) is 4.79. The van der Waals surface area contributed by atoms with Gasteiger partial charge in [0, 0.05) is 0 Å². The number of nitrogens with two attached hydrogens (primary N) is 1. The molecule has 5 N–H and O–H groups in total. The number of carbonyl (C=O) groups is 1. The van der Waals surface area contributed by atoms with E-state index < -0.39 is 11.8 Å². The number of aromatic hydroxyl groups is 2. The first kappa shape index (κ1) is 12.7. The van der Waals surface area contributed by atoms with Crippen molar-refractivity contribution in [2.75, 3.05) is 0 Å². The van der Waals surface area contributed by atoms with Gasteiger partial charge in [0.2, 0.25) is 5.78 Å². The number of hydrogen-bond acceptors (Lipinski definition) is 5. The molecule has 5 heteroatoms. The molecule has 0 radical (unpaired) electrons. The summed E-state index contributed by atoms with van der Waals surface area (Å²) in [5.41, 5.74) is 7.78. The molecule has 0 saturated heterocycles. The number of ketones is 1. The number of fused-ring (bicyclic) bond motifs is 2. The number of phenolic OH excluding ortho intramolecular Hbond substituents is 2. The molecule has 0 bridgehead atoms. The molecule has 0 saturated carbocycles. The largest absolute Gasteiger partial charge is 0.507 e. The van der Waals surface area contributed by atoms with Crippen molar-refractivity contribution in [2.45, 2.75) is 12.6 Å². The SMILES string of the molecule is NC1c2cccc(O)c2C(=O)c2c(O)cc(CO)cc21. The van der Waals surface area contributed by atoms with Crippen LogP contribution in [0.3, 0.4) is 0 Å². The highest BCUT2D eigenvalue weighted by Gasteiger charge is 2.33. The molecule has 0 heterocycles. The molecule has 0 fully saturated rings. The molecule has 2 aromatic carbocycles. The summed E-state index contributed by atoms with van der Waals surface area (Å²) in [6.07, 6.45) is 0. The van der Waals surface area contributed by atoms with Crippen molar-refractivity contribution in [3.63, 3.8) is 0 Å². The zero-order valence-electron chi connectivity index (χ0n) is 10.5. The van der Waals surface area contributed by atoms with Crippen LogP contribution in [0.25, 0.3) is 0 Å². The molecule has 1 unspecified atom stereocenters. The molecular formula is C15H13NO4. The Labute approximate surface area is 114 Å². The normalized spacial score (nSPS) is 16.7. The Morgan fingerprint density at radius 1 is 1.05 bits per heavy atom. The Morgan fingerprint density at radius 3 is 2.45 bits per heavy atom. The fourth-order valence-corrected chi connectivity index (χ4v) is 2.65. The lowest BCUT2D eigenvalue weighted by Gasteiger charge is -2.26. The Bertz CT molecular complexity index is 724. The smallest absolute Gasteiger partial charge is 0.201 e. The number of benzene rings is 2. The number of phenols is 2. The molecule has 0 aliphatic heterocycles. The van der Waals surface area contributed by atoms with Crippen molar-refractivity contribution < 1.29 is 20.1 Å². The quantitative estimate of drug-likeness (QED) is 0.623. The van der Waals surface area contributed by atoms with Crippen molar-refractivity contribution in [1.82, 2.24) is 0 Å².